The molecule has 0 radical (unpaired) electrons. The van der Waals surface area contributed by atoms with Crippen LogP contribution in [0.5, 0.6) is 0 Å². The number of rotatable bonds is 1. The Balaban J connectivity index is 1.93. The van der Waals surface area contributed by atoms with E-state index in [0.29, 0.717) is 16.5 Å². The summed E-state index contributed by atoms with van der Waals surface area (Å²) in [6, 6.07) is 7.31. The Hall–Kier alpha value is -1.68. The topological polar surface area (TPSA) is 26.3 Å². The summed E-state index contributed by atoms with van der Waals surface area (Å²) >= 11 is 3.16. The lowest BCUT2D eigenvalue weighted by Crippen LogP contribution is -1.98. The third-order valence-corrected chi connectivity index (χ3v) is 3.75. The van der Waals surface area contributed by atoms with Crippen LogP contribution in [0.3, 0.4) is 0 Å². The summed E-state index contributed by atoms with van der Waals surface area (Å²) in [6.45, 7) is 0. The van der Waals surface area contributed by atoms with Crippen molar-refractivity contribution in [3.63, 3.8) is 0 Å². The van der Waals surface area contributed by atoms with Crippen LogP contribution in [-0.4, -0.2) is 5.97 Å². The summed E-state index contributed by atoms with van der Waals surface area (Å²) in [5, 5.41) is 0. The van der Waals surface area contributed by atoms with Crippen molar-refractivity contribution < 1.29 is 13.9 Å². The molecule has 0 N–H and O–H groups in total. The molecule has 1 atom stereocenters. The molecule has 0 aromatic heterocycles. The molecule has 4 heteroatoms. The van der Waals surface area contributed by atoms with Crippen molar-refractivity contribution in [2.24, 2.45) is 0 Å². The largest absolute Gasteiger partial charge is 0.450 e. The van der Waals surface area contributed by atoms with Crippen LogP contribution in [0.25, 0.3) is 0 Å². The molecule has 1 aliphatic carbocycles. The van der Waals surface area contributed by atoms with Gasteiger partial charge in [-0.1, -0.05) is 18.2 Å². The van der Waals surface area contributed by atoms with Gasteiger partial charge in [-0.2, -0.15) is 0 Å². The predicted octanol–water partition coefficient (Wildman–Crippen LogP) is 4.36. The molecular weight excluding hydrogens is 311 g/mol. The second-order valence-corrected chi connectivity index (χ2v) is 5.26. The van der Waals surface area contributed by atoms with Crippen molar-refractivity contribution in [1.29, 1.82) is 0 Å². The number of ether oxygens (including phenoxy) is 1. The zero-order valence-corrected chi connectivity index (χ0v) is 11.5. The van der Waals surface area contributed by atoms with E-state index in [4.69, 9.17) is 4.74 Å². The number of carbonyl (C=O) groups excluding carboxylic acids is 1. The van der Waals surface area contributed by atoms with Crippen LogP contribution in [0.4, 0.5) is 4.39 Å². The number of hydrogen-bond donors (Lipinski definition) is 0. The molecule has 3 rings (SSSR count). The molecule has 0 amide bonds. The molecule has 0 saturated heterocycles. The maximum absolute atomic E-state index is 13.2. The van der Waals surface area contributed by atoms with E-state index in [2.05, 4.69) is 15.9 Å². The van der Waals surface area contributed by atoms with Gasteiger partial charge in [0.25, 0.3) is 0 Å². The van der Waals surface area contributed by atoms with Gasteiger partial charge in [0, 0.05) is 5.56 Å². The van der Waals surface area contributed by atoms with Crippen LogP contribution < -0.4 is 0 Å². The Labute approximate surface area is 118 Å². The Morgan fingerprint density at radius 1 is 1.37 bits per heavy atom. The SMILES string of the molecule is O=C1OC(C=C2C=C(Br)C(F)=CC2)c2ccccc21. The number of esters is 1. The number of hydrogen-bond acceptors (Lipinski definition) is 2. The molecule has 1 aromatic carbocycles. The van der Waals surface area contributed by atoms with E-state index in [-0.39, 0.29) is 17.9 Å². The van der Waals surface area contributed by atoms with Crippen molar-refractivity contribution >= 4 is 21.9 Å². The van der Waals surface area contributed by atoms with Crippen LogP contribution in [0.2, 0.25) is 0 Å². The molecule has 2 aliphatic rings. The molecule has 96 valence electrons. The quantitative estimate of drug-likeness (QED) is 0.719. The standard InChI is InChI=1S/C15H10BrFO2/c16-12-7-9(5-6-13(12)17)8-14-10-3-1-2-4-11(10)15(18)19-14/h1-4,6-8,14H,5H2. The van der Waals surface area contributed by atoms with E-state index < -0.39 is 0 Å². The Morgan fingerprint density at radius 2 is 2.16 bits per heavy atom. The maximum atomic E-state index is 13.2. The molecule has 19 heavy (non-hydrogen) atoms. The summed E-state index contributed by atoms with van der Waals surface area (Å²) in [5.74, 6) is -0.570. The minimum atomic E-state index is -0.384. The smallest absolute Gasteiger partial charge is 0.339 e. The fraction of sp³-hybridized carbons (Fsp3) is 0.133. The van der Waals surface area contributed by atoms with Gasteiger partial charge >= 0.3 is 5.97 Å². The summed E-state index contributed by atoms with van der Waals surface area (Å²) < 4.78 is 18.9. The maximum Gasteiger partial charge on any atom is 0.339 e. The van der Waals surface area contributed by atoms with Gasteiger partial charge in [0.05, 0.1) is 10.0 Å². The van der Waals surface area contributed by atoms with E-state index in [1.807, 2.05) is 24.3 Å². The third kappa shape index (κ3) is 2.28. The highest BCUT2D eigenvalue weighted by atomic mass is 79.9. The summed E-state index contributed by atoms with van der Waals surface area (Å²) in [4.78, 5) is 11.7. The minimum Gasteiger partial charge on any atom is -0.450 e. The van der Waals surface area contributed by atoms with E-state index in [9.17, 15) is 9.18 Å². The fourth-order valence-corrected chi connectivity index (χ4v) is 2.66. The zero-order chi connectivity index (χ0) is 13.4. The molecule has 1 aromatic rings. The normalized spacial score (nSPS) is 23.8. The minimum absolute atomic E-state index is 0.263. The van der Waals surface area contributed by atoms with Gasteiger partial charge in [0.2, 0.25) is 0 Å². The second kappa shape index (κ2) is 4.78. The number of carbonyl (C=O) groups is 1. The predicted molar refractivity (Wildman–Crippen MR) is 73.5 cm³/mol. The number of allylic oxidation sites excluding steroid dienone is 5. The third-order valence-electron chi connectivity index (χ3n) is 3.14. The van der Waals surface area contributed by atoms with Crippen LogP contribution in [0.15, 0.2) is 58.4 Å². The Kier molecular flexibility index (Phi) is 3.11. The van der Waals surface area contributed by atoms with E-state index in [0.717, 1.165) is 11.1 Å². The molecule has 0 fully saturated rings. The van der Waals surface area contributed by atoms with Gasteiger partial charge < -0.3 is 4.74 Å². The second-order valence-electron chi connectivity index (χ2n) is 4.40. The highest BCUT2D eigenvalue weighted by Gasteiger charge is 2.29. The van der Waals surface area contributed by atoms with Crippen LogP contribution in [0.1, 0.15) is 28.4 Å². The lowest BCUT2D eigenvalue weighted by Gasteiger charge is -2.11. The molecule has 1 heterocycles. The van der Waals surface area contributed by atoms with Gasteiger partial charge in [0.1, 0.15) is 11.9 Å². The highest BCUT2D eigenvalue weighted by molar-refractivity contribution is 9.12. The van der Waals surface area contributed by atoms with Gasteiger partial charge in [-0.05, 0) is 52.2 Å². The summed E-state index contributed by atoms with van der Waals surface area (Å²) in [6.07, 6.45) is 5.18. The molecule has 1 aliphatic heterocycles. The average molecular weight is 321 g/mol. The molecule has 2 nitrogen and oxygen atoms in total. The lowest BCUT2D eigenvalue weighted by molar-refractivity contribution is 0.0466. The summed E-state index contributed by atoms with van der Waals surface area (Å²) in [5.41, 5.74) is 2.38. The van der Waals surface area contributed by atoms with Crippen LogP contribution in [-0.2, 0) is 4.74 Å². The Morgan fingerprint density at radius 3 is 2.95 bits per heavy atom. The molecular formula is C15H10BrFO2. The average Bonchev–Trinajstić information content (AvgIpc) is 2.72. The fourth-order valence-electron chi connectivity index (χ4n) is 2.20. The molecule has 1 unspecified atom stereocenters. The van der Waals surface area contributed by atoms with Gasteiger partial charge in [-0.3, -0.25) is 0 Å². The molecule has 0 bridgehead atoms. The van der Waals surface area contributed by atoms with Gasteiger partial charge in [-0.15, -0.1) is 0 Å². The van der Waals surface area contributed by atoms with Gasteiger partial charge in [0.15, 0.2) is 0 Å². The molecule has 0 spiro atoms. The zero-order valence-electron chi connectivity index (χ0n) is 9.90. The lowest BCUT2D eigenvalue weighted by atomic mass is 10.0. The van der Waals surface area contributed by atoms with Crippen molar-refractivity contribution in [1.82, 2.24) is 0 Å². The number of halogens is 2. The van der Waals surface area contributed by atoms with Crippen molar-refractivity contribution in [3.05, 3.63) is 69.5 Å². The number of benzene rings is 1. The first-order chi connectivity index (χ1) is 9.15. The van der Waals surface area contributed by atoms with E-state index >= 15 is 0 Å². The number of fused-ring (bicyclic) bond motifs is 1. The van der Waals surface area contributed by atoms with Crippen LogP contribution in [0, 0.1) is 0 Å². The monoisotopic (exact) mass is 320 g/mol. The molecule has 0 saturated carbocycles. The van der Waals surface area contributed by atoms with Crippen molar-refractivity contribution in [3.8, 4) is 0 Å². The first-order valence-corrected chi connectivity index (χ1v) is 6.68. The van der Waals surface area contributed by atoms with E-state index in [1.54, 1.807) is 12.1 Å². The first kappa shape index (κ1) is 12.4. The Bertz CT molecular complexity index is 643. The number of cyclic esters (lactones) is 1. The van der Waals surface area contributed by atoms with Gasteiger partial charge in [-0.25, -0.2) is 9.18 Å². The van der Waals surface area contributed by atoms with Crippen molar-refractivity contribution in [2.75, 3.05) is 0 Å². The first-order valence-electron chi connectivity index (χ1n) is 5.89. The van der Waals surface area contributed by atoms with Crippen LogP contribution >= 0.6 is 15.9 Å². The summed E-state index contributed by atoms with van der Waals surface area (Å²) in [7, 11) is 0. The van der Waals surface area contributed by atoms with Crippen molar-refractivity contribution in [2.45, 2.75) is 12.5 Å². The van der Waals surface area contributed by atoms with E-state index in [1.165, 1.54) is 6.08 Å². The highest BCUT2D eigenvalue weighted by Crippen LogP contribution is 2.35.